The van der Waals surface area contributed by atoms with Gasteiger partial charge in [-0.2, -0.15) is 0 Å². The summed E-state index contributed by atoms with van der Waals surface area (Å²) >= 11 is 2.10. The summed E-state index contributed by atoms with van der Waals surface area (Å²) in [4.78, 5) is 23.4. The fraction of sp³-hybridized carbons (Fsp3) is 0.176. The van der Waals surface area contributed by atoms with Crippen molar-refractivity contribution in [3.63, 3.8) is 0 Å². The lowest BCUT2D eigenvalue weighted by Crippen LogP contribution is -2.30. The smallest absolute Gasteiger partial charge is 0.338 e. The van der Waals surface area contributed by atoms with Gasteiger partial charge in [0, 0.05) is 10.1 Å². The van der Waals surface area contributed by atoms with Crippen LogP contribution in [0.25, 0.3) is 0 Å². The van der Waals surface area contributed by atoms with Crippen molar-refractivity contribution in [2.24, 2.45) is 0 Å². The van der Waals surface area contributed by atoms with Crippen LogP contribution in [0.5, 0.6) is 0 Å². The van der Waals surface area contributed by atoms with E-state index in [4.69, 9.17) is 4.74 Å². The van der Waals surface area contributed by atoms with Crippen LogP contribution >= 0.6 is 22.6 Å². The summed E-state index contributed by atoms with van der Waals surface area (Å²) in [5.41, 5.74) is 1.33. The second-order valence-electron chi connectivity index (χ2n) is 4.81. The molecule has 0 bridgehead atoms. The number of ether oxygens (including phenoxy) is 1. The first kappa shape index (κ1) is 17.4. The second kappa shape index (κ2) is 8.61. The highest BCUT2D eigenvalue weighted by Crippen LogP contribution is 2.08. The number of carbonyl (C=O) groups excluding carboxylic acids is 2. The number of halogens is 2. The van der Waals surface area contributed by atoms with Gasteiger partial charge in [-0.3, -0.25) is 4.79 Å². The molecule has 0 saturated carbocycles. The first-order valence-electron chi connectivity index (χ1n) is 6.98. The average molecular weight is 427 g/mol. The Balaban J connectivity index is 1.70. The van der Waals surface area contributed by atoms with Crippen molar-refractivity contribution in [2.75, 3.05) is 13.2 Å². The summed E-state index contributed by atoms with van der Waals surface area (Å²) in [6, 6.07) is 13.0. The van der Waals surface area contributed by atoms with Crippen LogP contribution in [0.15, 0.2) is 48.5 Å². The zero-order valence-corrected chi connectivity index (χ0v) is 14.4. The third-order valence-electron chi connectivity index (χ3n) is 3.04. The molecule has 0 aliphatic heterocycles. The van der Waals surface area contributed by atoms with Crippen molar-refractivity contribution in [3.05, 3.63) is 69.0 Å². The molecule has 1 N–H and O–H groups in total. The SMILES string of the molecule is O=C(COC(=O)c1cccc(I)c1)NCCc1ccc(F)cc1. The van der Waals surface area contributed by atoms with E-state index in [0.717, 1.165) is 9.13 Å². The molecule has 2 rings (SSSR count). The Morgan fingerprint density at radius 3 is 2.57 bits per heavy atom. The zero-order valence-electron chi connectivity index (χ0n) is 12.2. The minimum Gasteiger partial charge on any atom is -0.452 e. The molecule has 0 atom stereocenters. The van der Waals surface area contributed by atoms with Crippen molar-refractivity contribution in [2.45, 2.75) is 6.42 Å². The van der Waals surface area contributed by atoms with Crippen LogP contribution in [0.2, 0.25) is 0 Å². The number of nitrogens with one attached hydrogen (secondary N) is 1. The van der Waals surface area contributed by atoms with E-state index < -0.39 is 5.97 Å². The number of esters is 1. The van der Waals surface area contributed by atoms with E-state index in [9.17, 15) is 14.0 Å². The molecule has 120 valence electrons. The number of amides is 1. The maximum atomic E-state index is 12.8. The van der Waals surface area contributed by atoms with Crippen molar-refractivity contribution >= 4 is 34.5 Å². The van der Waals surface area contributed by atoms with Crippen LogP contribution in [-0.4, -0.2) is 25.0 Å². The molecule has 0 aliphatic carbocycles. The molecule has 1 amide bonds. The Morgan fingerprint density at radius 2 is 1.87 bits per heavy atom. The molecule has 2 aromatic rings. The Hall–Kier alpha value is -1.96. The molecule has 0 aromatic heterocycles. The highest BCUT2D eigenvalue weighted by atomic mass is 127. The minimum atomic E-state index is -0.530. The van der Waals surface area contributed by atoms with E-state index in [2.05, 4.69) is 27.9 Å². The zero-order chi connectivity index (χ0) is 16.7. The molecule has 0 spiro atoms. The lowest BCUT2D eigenvalue weighted by molar-refractivity contribution is -0.124. The van der Waals surface area contributed by atoms with Gasteiger partial charge >= 0.3 is 5.97 Å². The molecular weight excluding hydrogens is 412 g/mol. The van der Waals surface area contributed by atoms with Crippen LogP contribution in [0.1, 0.15) is 15.9 Å². The van der Waals surface area contributed by atoms with E-state index in [1.54, 1.807) is 30.3 Å². The van der Waals surface area contributed by atoms with Gasteiger partial charge < -0.3 is 10.1 Å². The summed E-state index contributed by atoms with van der Waals surface area (Å²) in [6.45, 7) is 0.0684. The molecule has 0 radical (unpaired) electrons. The Bertz CT molecular complexity index is 688. The molecule has 2 aromatic carbocycles. The predicted molar refractivity (Wildman–Crippen MR) is 92.6 cm³/mol. The molecule has 0 saturated heterocycles. The summed E-state index contributed by atoms with van der Waals surface area (Å²) < 4.78 is 18.6. The third kappa shape index (κ3) is 5.97. The molecule has 0 fully saturated rings. The van der Waals surface area contributed by atoms with Gasteiger partial charge in [-0.15, -0.1) is 0 Å². The van der Waals surface area contributed by atoms with E-state index in [1.807, 2.05) is 6.07 Å². The Kier molecular flexibility index (Phi) is 6.52. The lowest BCUT2D eigenvalue weighted by Gasteiger charge is -2.07. The number of hydrogen-bond acceptors (Lipinski definition) is 3. The van der Waals surface area contributed by atoms with Crippen molar-refractivity contribution in [1.82, 2.24) is 5.32 Å². The number of carbonyl (C=O) groups is 2. The van der Waals surface area contributed by atoms with Gasteiger partial charge in [0.25, 0.3) is 5.91 Å². The first-order chi connectivity index (χ1) is 11.0. The van der Waals surface area contributed by atoms with E-state index in [0.29, 0.717) is 18.5 Å². The normalized spacial score (nSPS) is 10.2. The minimum absolute atomic E-state index is 0.291. The fourth-order valence-corrected chi connectivity index (χ4v) is 2.42. The van der Waals surface area contributed by atoms with E-state index in [1.165, 1.54) is 12.1 Å². The maximum Gasteiger partial charge on any atom is 0.338 e. The summed E-state index contributed by atoms with van der Waals surface area (Å²) in [5.74, 6) is -1.19. The summed E-state index contributed by atoms with van der Waals surface area (Å²) in [7, 11) is 0. The third-order valence-corrected chi connectivity index (χ3v) is 3.71. The van der Waals surface area contributed by atoms with Crippen LogP contribution in [0.4, 0.5) is 4.39 Å². The standard InChI is InChI=1S/C17H15FINO3/c18-14-6-4-12(5-7-14)8-9-20-16(21)11-23-17(22)13-2-1-3-15(19)10-13/h1-7,10H,8-9,11H2,(H,20,21). The molecule has 6 heteroatoms. The lowest BCUT2D eigenvalue weighted by atomic mass is 10.1. The largest absolute Gasteiger partial charge is 0.452 e. The van der Waals surface area contributed by atoms with E-state index in [-0.39, 0.29) is 18.3 Å². The van der Waals surface area contributed by atoms with Gasteiger partial charge in [0.1, 0.15) is 5.82 Å². The highest BCUT2D eigenvalue weighted by Gasteiger charge is 2.10. The van der Waals surface area contributed by atoms with Gasteiger partial charge in [0.2, 0.25) is 0 Å². The van der Waals surface area contributed by atoms with Gasteiger partial charge in [-0.1, -0.05) is 18.2 Å². The number of rotatable bonds is 6. The molecule has 0 heterocycles. The molecule has 0 unspecified atom stereocenters. The van der Waals surface area contributed by atoms with Gasteiger partial charge in [-0.05, 0) is 64.9 Å². The number of benzene rings is 2. The summed E-state index contributed by atoms with van der Waals surface area (Å²) in [5, 5.41) is 2.65. The van der Waals surface area contributed by atoms with E-state index >= 15 is 0 Å². The predicted octanol–water partition coefficient (Wildman–Crippen LogP) is 2.95. The van der Waals surface area contributed by atoms with Crippen molar-refractivity contribution in [3.8, 4) is 0 Å². The highest BCUT2D eigenvalue weighted by molar-refractivity contribution is 14.1. The van der Waals surface area contributed by atoms with Crippen LogP contribution in [0.3, 0.4) is 0 Å². The Labute approximate surface area is 147 Å². The first-order valence-corrected chi connectivity index (χ1v) is 8.06. The number of hydrogen-bond donors (Lipinski definition) is 1. The van der Waals surface area contributed by atoms with Crippen LogP contribution in [-0.2, 0) is 16.0 Å². The maximum absolute atomic E-state index is 12.8. The average Bonchev–Trinajstić information content (AvgIpc) is 2.54. The van der Waals surface area contributed by atoms with Crippen LogP contribution < -0.4 is 5.32 Å². The molecular formula is C17H15FINO3. The van der Waals surface area contributed by atoms with Crippen molar-refractivity contribution < 1.29 is 18.7 Å². The van der Waals surface area contributed by atoms with Crippen molar-refractivity contribution in [1.29, 1.82) is 0 Å². The monoisotopic (exact) mass is 427 g/mol. The van der Waals surface area contributed by atoms with Gasteiger partial charge in [-0.25, -0.2) is 9.18 Å². The Morgan fingerprint density at radius 1 is 1.13 bits per heavy atom. The molecule has 0 aliphatic rings. The second-order valence-corrected chi connectivity index (χ2v) is 6.06. The topological polar surface area (TPSA) is 55.4 Å². The fourth-order valence-electron chi connectivity index (χ4n) is 1.88. The van der Waals surface area contributed by atoms with Gasteiger partial charge in [0.15, 0.2) is 6.61 Å². The van der Waals surface area contributed by atoms with Crippen LogP contribution in [0, 0.1) is 9.39 Å². The molecule has 4 nitrogen and oxygen atoms in total. The molecule has 23 heavy (non-hydrogen) atoms. The quantitative estimate of drug-likeness (QED) is 0.570. The van der Waals surface area contributed by atoms with Gasteiger partial charge in [0.05, 0.1) is 5.56 Å². The summed E-state index contributed by atoms with van der Waals surface area (Å²) in [6.07, 6.45) is 0.580.